The van der Waals surface area contributed by atoms with Crippen molar-refractivity contribution >= 4 is 21.6 Å². The standard InChI is InChI=1S/C12H15ClN2O2S/c1-3-7-15(4-2)18(16,17)11-5-6-12(13)10(8-11)9-14/h1,5-6,8H,4,7,9,14H2,2H3. The summed E-state index contributed by atoms with van der Waals surface area (Å²) in [6.45, 7) is 2.27. The lowest BCUT2D eigenvalue weighted by Crippen LogP contribution is -2.31. The largest absolute Gasteiger partial charge is 0.326 e. The molecule has 6 heteroatoms. The zero-order valence-electron chi connectivity index (χ0n) is 10.1. The van der Waals surface area contributed by atoms with Crippen molar-refractivity contribution in [3.8, 4) is 12.3 Å². The summed E-state index contributed by atoms with van der Waals surface area (Å²) < 4.78 is 25.8. The van der Waals surface area contributed by atoms with Gasteiger partial charge in [0, 0.05) is 18.1 Å². The summed E-state index contributed by atoms with van der Waals surface area (Å²) in [7, 11) is -3.59. The zero-order valence-corrected chi connectivity index (χ0v) is 11.6. The molecule has 0 aliphatic heterocycles. The number of halogens is 1. The molecule has 0 saturated carbocycles. The molecule has 2 N–H and O–H groups in total. The van der Waals surface area contributed by atoms with Gasteiger partial charge in [-0.15, -0.1) is 6.42 Å². The molecule has 0 amide bonds. The number of nitrogens with zero attached hydrogens (tertiary/aromatic N) is 1. The Morgan fingerprint density at radius 3 is 2.67 bits per heavy atom. The monoisotopic (exact) mass is 286 g/mol. The van der Waals surface area contributed by atoms with Crippen LogP contribution in [0.1, 0.15) is 12.5 Å². The average molecular weight is 287 g/mol. The number of hydrogen-bond acceptors (Lipinski definition) is 3. The Morgan fingerprint density at radius 1 is 1.50 bits per heavy atom. The van der Waals surface area contributed by atoms with Crippen LogP contribution >= 0.6 is 11.6 Å². The van der Waals surface area contributed by atoms with E-state index in [1.54, 1.807) is 6.92 Å². The molecular weight excluding hydrogens is 272 g/mol. The van der Waals surface area contributed by atoms with Gasteiger partial charge in [0.1, 0.15) is 0 Å². The van der Waals surface area contributed by atoms with Gasteiger partial charge in [0.2, 0.25) is 10.0 Å². The van der Waals surface area contributed by atoms with Gasteiger partial charge in [0.15, 0.2) is 0 Å². The molecule has 1 rings (SSSR count). The number of nitrogens with two attached hydrogens (primary N) is 1. The Kier molecular flexibility index (Phi) is 5.17. The predicted molar refractivity (Wildman–Crippen MR) is 72.6 cm³/mol. The zero-order chi connectivity index (χ0) is 13.8. The van der Waals surface area contributed by atoms with Crippen LogP contribution in [0.5, 0.6) is 0 Å². The minimum absolute atomic E-state index is 0.0411. The van der Waals surface area contributed by atoms with E-state index in [9.17, 15) is 8.42 Å². The summed E-state index contributed by atoms with van der Waals surface area (Å²) >= 11 is 5.90. The molecule has 0 spiro atoms. The lowest BCUT2D eigenvalue weighted by molar-refractivity contribution is 0.464. The van der Waals surface area contributed by atoms with Crippen LogP contribution in [0, 0.1) is 12.3 Å². The summed E-state index contributed by atoms with van der Waals surface area (Å²) in [4.78, 5) is 0.157. The first-order valence-electron chi connectivity index (χ1n) is 5.39. The van der Waals surface area contributed by atoms with Crippen LogP contribution in [0.25, 0.3) is 0 Å². The second-order valence-corrected chi connectivity index (χ2v) is 5.94. The molecule has 0 aliphatic rings. The van der Waals surface area contributed by atoms with Gasteiger partial charge in [-0.2, -0.15) is 4.31 Å². The van der Waals surface area contributed by atoms with E-state index in [-0.39, 0.29) is 18.0 Å². The average Bonchev–Trinajstić information content (AvgIpc) is 2.35. The van der Waals surface area contributed by atoms with E-state index in [1.165, 1.54) is 22.5 Å². The molecule has 0 fully saturated rings. The molecule has 0 aliphatic carbocycles. The molecule has 0 heterocycles. The van der Waals surface area contributed by atoms with Gasteiger partial charge >= 0.3 is 0 Å². The summed E-state index contributed by atoms with van der Waals surface area (Å²) in [6.07, 6.45) is 5.16. The molecule has 1 aromatic carbocycles. The fraction of sp³-hybridized carbons (Fsp3) is 0.333. The van der Waals surface area contributed by atoms with Crippen molar-refractivity contribution in [1.29, 1.82) is 0 Å². The molecule has 4 nitrogen and oxygen atoms in total. The summed E-state index contributed by atoms with van der Waals surface area (Å²) in [6, 6.07) is 4.47. The smallest absolute Gasteiger partial charge is 0.243 e. The van der Waals surface area contributed by atoms with Gasteiger partial charge in [-0.3, -0.25) is 0 Å². The van der Waals surface area contributed by atoms with Gasteiger partial charge in [-0.25, -0.2) is 8.42 Å². The first-order chi connectivity index (χ1) is 8.47. The Balaban J connectivity index is 3.24. The quantitative estimate of drug-likeness (QED) is 0.833. The van der Waals surface area contributed by atoms with Crippen molar-refractivity contribution in [2.45, 2.75) is 18.4 Å². The number of rotatable bonds is 5. The minimum atomic E-state index is -3.59. The van der Waals surface area contributed by atoms with Crippen molar-refractivity contribution in [3.05, 3.63) is 28.8 Å². The fourth-order valence-corrected chi connectivity index (χ4v) is 3.09. The second kappa shape index (κ2) is 6.21. The highest BCUT2D eigenvalue weighted by Crippen LogP contribution is 2.22. The predicted octanol–water partition coefficient (Wildman–Crippen LogP) is 1.44. The van der Waals surface area contributed by atoms with Crippen molar-refractivity contribution in [2.75, 3.05) is 13.1 Å². The highest BCUT2D eigenvalue weighted by Gasteiger charge is 2.22. The van der Waals surface area contributed by atoms with E-state index < -0.39 is 10.0 Å². The van der Waals surface area contributed by atoms with Gasteiger partial charge < -0.3 is 5.73 Å². The van der Waals surface area contributed by atoms with E-state index in [0.717, 1.165) is 0 Å². The maximum atomic E-state index is 12.3. The molecule has 1 aromatic rings. The van der Waals surface area contributed by atoms with Crippen LogP contribution in [-0.2, 0) is 16.6 Å². The lowest BCUT2D eigenvalue weighted by atomic mass is 10.2. The number of hydrogen-bond donors (Lipinski definition) is 1. The first kappa shape index (κ1) is 15.0. The van der Waals surface area contributed by atoms with Crippen molar-refractivity contribution in [2.24, 2.45) is 5.73 Å². The molecule has 0 unspecified atom stereocenters. The van der Waals surface area contributed by atoms with Crippen molar-refractivity contribution in [3.63, 3.8) is 0 Å². The van der Waals surface area contributed by atoms with Crippen molar-refractivity contribution < 1.29 is 8.42 Å². The normalized spacial score (nSPS) is 11.5. The van der Waals surface area contributed by atoms with Crippen molar-refractivity contribution in [1.82, 2.24) is 4.31 Å². The number of terminal acetylenes is 1. The highest BCUT2D eigenvalue weighted by atomic mass is 35.5. The number of benzene rings is 1. The topological polar surface area (TPSA) is 63.4 Å². The fourth-order valence-electron chi connectivity index (χ4n) is 1.49. The highest BCUT2D eigenvalue weighted by molar-refractivity contribution is 7.89. The molecule has 18 heavy (non-hydrogen) atoms. The molecule has 0 saturated heterocycles. The molecular formula is C12H15ClN2O2S. The SMILES string of the molecule is C#CCN(CC)S(=O)(=O)c1ccc(Cl)c(CN)c1. The lowest BCUT2D eigenvalue weighted by Gasteiger charge is -2.18. The van der Waals surface area contributed by atoms with E-state index in [4.69, 9.17) is 23.8 Å². The van der Waals surface area contributed by atoms with Gasteiger partial charge in [-0.1, -0.05) is 24.4 Å². The first-order valence-corrected chi connectivity index (χ1v) is 7.21. The Labute approximate surface area is 113 Å². The number of sulfonamides is 1. The van der Waals surface area contributed by atoms with Crippen LogP contribution in [-0.4, -0.2) is 25.8 Å². The van der Waals surface area contributed by atoms with Crippen LogP contribution in [0.3, 0.4) is 0 Å². The maximum absolute atomic E-state index is 12.3. The van der Waals surface area contributed by atoms with E-state index in [2.05, 4.69) is 5.92 Å². The van der Waals surface area contributed by atoms with Crippen LogP contribution < -0.4 is 5.73 Å². The maximum Gasteiger partial charge on any atom is 0.243 e. The van der Waals surface area contributed by atoms with Crippen LogP contribution in [0.4, 0.5) is 0 Å². The summed E-state index contributed by atoms with van der Waals surface area (Å²) in [5.74, 6) is 2.33. The van der Waals surface area contributed by atoms with E-state index >= 15 is 0 Å². The Hall–Kier alpha value is -1.06. The van der Waals surface area contributed by atoms with E-state index in [1.807, 2.05) is 0 Å². The Morgan fingerprint density at radius 2 is 2.17 bits per heavy atom. The molecule has 0 bridgehead atoms. The molecule has 0 atom stereocenters. The third-order valence-corrected chi connectivity index (χ3v) is 4.78. The third kappa shape index (κ3) is 3.03. The van der Waals surface area contributed by atoms with Crippen LogP contribution in [0.2, 0.25) is 5.02 Å². The van der Waals surface area contributed by atoms with Gasteiger partial charge in [0.05, 0.1) is 11.4 Å². The van der Waals surface area contributed by atoms with Gasteiger partial charge in [-0.05, 0) is 23.8 Å². The third-order valence-electron chi connectivity index (χ3n) is 2.50. The summed E-state index contributed by atoms with van der Waals surface area (Å²) in [5.41, 5.74) is 6.10. The van der Waals surface area contributed by atoms with E-state index in [0.29, 0.717) is 17.1 Å². The summed E-state index contributed by atoms with van der Waals surface area (Å²) in [5, 5.41) is 0.455. The second-order valence-electron chi connectivity index (χ2n) is 3.59. The van der Waals surface area contributed by atoms with Gasteiger partial charge in [0.25, 0.3) is 0 Å². The molecule has 98 valence electrons. The molecule has 0 aromatic heterocycles. The Bertz CT molecular complexity index is 564. The minimum Gasteiger partial charge on any atom is -0.326 e. The van der Waals surface area contributed by atoms with Crippen LogP contribution in [0.15, 0.2) is 23.1 Å². The molecule has 0 radical (unpaired) electrons.